The van der Waals surface area contributed by atoms with Gasteiger partial charge in [0.1, 0.15) is 24.6 Å². The lowest BCUT2D eigenvalue weighted by atomic mass is 9.83. The second-order valence-corrected chi connectivity index (χ2v) is 17.0. The highest BCUT2D eigenvalue weighted by Gasteiger charge is 2.39. The third kappa shape index (κ3) is 5.88. The summed E-state index contributed by atoms with van der Waals surface area (Å²) in [6.07, 6.45) is 8.61. The van der Waals surface area contributed by atoms with E-state index >= 15 is 0 Å². The number of carbonyl (C=O) groups is 3. The first-order valence-corrected chi connectivity index (χ1v) is 20.9. The van der Waals surface area contributed by atoms with E-state index in [9.17, 15) is 24.6 Å². The maximum Gasteiger partial charge on any atom is 0.342 e. The molecule has 1 atom stereocenters. The van der Waals surface area contributed by atoms with Gasteiger partial charge in [0.05, 0.1) is 31.9 Å². The molecule has 0 radical (unpaired) electrons. The molecule has 0 spiro atoms. The summed E-state index contributed by atoms with van der Waals surface area (Å²) in [5.74, 6) is -1.48. The van der Waals surface area contributed by atoms with Crippen LogP contribution in [-0.2, 0) is 40.1 Å². The zero-order chi connectivity index (χ0) is 37.4. The molecule has 0 bridgehead atoms. The number of thioether (sulfide) groups is 1. The van der Waals surface area contributed by atoms with Gasteiger partial charge in [0.15, 0.2) is 6.23 Å². The molecule has 282 valence electrons. The summed E-state index contributed by atoms with van der Waals surface area (Å²) in [5.41, 5.74) is 7.31. The van der Waals surface area contributed by atoms with E-state index in [2.05, 4.69) is 21.6 Å². The predicted octanol–water partition coefficient (Wildman–Crippen LogP) is 6.05. The van der Waals surface area contributed by atoms with Gasteiger partial charge in [-0.2, -0.15) is 0 Å². The number of nitrogens with zero attached hydrogens (tertiary/aromatic N) is 3. The van der Waals surface area contributed by atoms with Gasteiger partial charge in [0.25, 0.3) is 5.91 Å². The maximum absolute atomic E-state index is 13.4. The first-order valence-electron chi connectivity index (χ1n) is 18.8. The Labute approximate surface area is 331 Å². The van der Waals surface area contributed by atoms with Crippen LogP contribution in [0.25, 0.3) is 5.57 Å². The number of anilines is 1. The van der Waals surface area contributed by atoms with Gasteiger partial charge in [0, 0.05) is 82.4 Å². The summed E-state index contributed by atoms with van der Waals surface area (Å²) in [6.45, 7) is 3.93. The van der Waals surface area contributed by atoms with Crippen LogP contribution in [0.1, 0.15) is 95.1 Å². The van der Waals surface area contributed by atoms with Crippen LogP contribution in [-0.4, -0.2) is 71.3 Å². The maximum atomic E-state index is 13.4. The zero-order valence-electron chi connectivity index (χ0n) is 29.6. The van der Waals surface area contributed by atoms with E-state index in [1.165, 1.54) is 22.2 Å². The molecule has 2 N–H and O–H groups in total. The number of aliphatic hydroxyl groups is 1. The van der Waals surface area contributed by atoms with Gasteiger partial charge in [-0.15, -0.1) is 16.8 Å². The van der Waals surface area contributed by atoms with Crippen molar-refractivity contribution in [3.8, 4) is 11.5 Å². The van der Waals surface area contributed by atoms with E-state index in [0.717, 1.165) is 136 Å². The lowest BCUT2D eigenvalue weighted by Gasteiger charge is -2.36. The Hall–Kier alpha value is -3.48. The van der Waals surface area contributed by atoms with E-state index in [1.54, 1.807) is 0 Å². The van der Waals surface area contributed by atoms with E-state index in [-0.39, 0.29) is 49.7 Å². The number of ether oxygens (including phenoxy) is 1. The van der Waals surface area contributed by atoms with Gasteiger partial charge in [-0.25, -0.2) is 14.2 Å². The second-order valence-electron chi connectivity index (χ2n) is 14.9. The summed E-state index contributed by atoms with van der Waals surface area (Å²) in [5, 5.41) is 23.4. The largest absolute Gasteiger partial charge is 0.478 e. The minimum Gasteiger partial charge on any atom is -0.478 e. The summed E-state index contributed by atoms with van der Waals surface area (Å²) >= 11 is 22.1. The molecule has 0 aliphatic carbocycles. The number of benzene rings is 3. The molecule has 1 saturated heterocycles. The van der Waals surface area contributed by atoms with Crippen molar-refractivity contribution >= 4 is 75.7 Å². The van der Waals surface area contributed by atoms with Crippen LogP contribution in [0.2, 0.25) is 15.1 Å². The molecule has 1 amide bonds. The van der Waals surface area contributed by atoms with Gasteiger partial charge < -0.3 is 24.7 Å². The number of carboxylic acid groups (broad SMARTS) is 1. The monoisotopic (exact) mass is 810 g/mol. The highest BCUT2D eigenvalue weighted by Crippen LogP contribution is 2.52. The van der Waals surface area contributed by atoms with Gasteiger partial charge in [-0.1, -0.05) is 34.8 Å². The average Bonchev–Trinajstić information content (AvgIpc) is 3.31. The van der Waals surface area contributed by atoms with Crippen LogP contribution in [0.3, 0.4) is 0 Å². The van der Waals surface area contributed by atoms with Crippen molar-refractivity contribution < 1.29 is 34.2 Å². The Balaban J connectivity index is 1.31. The minimum atomic E-state index is -1.29. The molecule has 6 aliphatic heterocycles. The Morgan fingerprint density at radius 2 is 1.65 bits per heavy atom. The van der Waals surface area contributed by atoms with Crippen molar-refractivity contribution in [1.29, 1.82) is 0 Å². The Morgan fingerprint density at radius 1 is 0.889 bits per heavy atom. The summed E-state index contributed by atoms with van der Waals surface area (Å²) in [4.78, 5) is 46.4. The van der Waals surface area contributed by atoms with Crippen LogP contribution < -0.4 is 24.8 Å². The number of amides is 1. The van der Waals surface area contributed by atoms with Gasteiger partial charge in [-0.3, -0.25) is 4.79 Å². The van der Waals surface area contributed by atoms with E-state index in [4.69, 9.17) is 44.4 Å². The molecule has 0 aromatic heterocycles. The number of hydrogen-bond acceptors (Lipinski definition) is 8. The smallest absolute Gasteiger partial charge is 0.342 e. The number of rotatable bonds is 6. The minimum absolute atomic E-state index is 0.0427. The van der Waals surface area contributed by atoms with E-state index < -0.39 is 24.1 Å². The number of aryl methyl sites for hydroxylation is 2. The number of carbonyl (C=O) groups excluding carboxylic acids is 2. The number of hydrogen-bond donors (Lipinski definition) is 2. The van der Waals surface area contributed by atoms with Gasteiger partial charge >= 0.3 is 11.9 Å². The molecule has 9 rings (SSSR count). The number of fused-ring (bicyclic) bond motifs is 4. The third-order valence-electron chi connectivity index (χ3n) is 11.6. The van der Waals surface area contributed by atoms with Crippen LogP contribution in [0, 0.1) is 0 Å². The van der Waals surface area contributed by atoms with Crippen molar-refractivity contribution in [1.82, 2.24) is 9.64 Å². The van der Waals surface area contributed by atoms with Crippen molar-refractivity contribution in [2.75, 3.05) is 36.8 Å². The topological polar surface area (TPSA) is 120 Å². The normalized spacial score (nSPS) is 20.0. The lowest BCUT2D eigenvalue weighted by molar-refractivity contribution is -0.218. The number of halogens is 3. The molecule has 1 unspecified atom stereocenters. The number of aliphatic hydroxyl groups excluding tert-OH is 1. The van der Waals surface area contributed by atoms with Crippen LogP contribution in [0.15, 0.2) is 17.0 Å². The third-order valence-corrected chi connectivity index (χ3v) is 14.1. The fourth-order valence-electron chi connectivity index (χ4n) is 9.32. The van der Waals surface area contributed by atoms with Crippen LogP contribution >= 0.6 is 46.6 Å². The predicted molar refractivity (Wildman–Crippen MR) is 207 cm³/mol. The van der Waals surface area contributed by atoms with Crippen molar-refractivity contribution in [3.63, 3.8) is 0 Å². The van der Waals surface area contributed by atoms with E-state index in [0.29, 0.717) is 10.6 Å². The molecular weight excluding hydrogens is 773 g/mol. The Morgan fingerprint density at radius 3 is 2.44 bits per heavy atom. The molecule has 0 saturated carbocycles. The van der Waals surface area contributed by atoms with Crippen molar-refractivity contribution in [3.05, 3.63) is 76.7 Å². The lowest BCUT2D eigenvalue weighted by Crippen LogP contribution is -2.41. The highest BCUT2D eigenvalue weighted by atomic mass is 35.5. The molecule has 6 aliphatic rings. The molecule has 3 aromatic rings. The summed E-state index contributed by atoms with van der Waals surface area (Å²) < 4.78 is 9.68. The van der Waals surface area contributed by atoms with Crippen molar-refractivity contribution in [2.45, 2.75) is 88.2 Å². The number of carboxylic acids is 1. The summed E-state index contributed by atoms with van der Waals surface area (Å²) in [6, 6.07) is 4.35. The van der Waals surface area contributed by atoms with Crippen molar-refractivity contribution in [2.24, 2.45) is 0 Å². The first-order chi connectivity index (χ1) is 26.1. The van der Waals surface area contributed by atoms with Gasteiger partial charge in [-0.05, 0) is 69.1 Å². The Kier molecular flexibility index (Phi) is 9.53. The zero-order valence-corrected chi connectivity index (χ0v) is 32.7. The van der Waals surface area contributed by atoms with Crippen LogP contribution in [0.4, 0.5) is 5.69 Å². The van der Waals surface area contributed by atoms with E-state index in [1.807, 2.05) is 0 Å². The molecule has 1 fully saturated rings. The molecule has 10 nitrogen and oxygen atoms in total. The molecule has 54 heavy (non-hydrogen) atoms. The average molecular weight is 812 g/mol. The fourth-order valence-corrected chi connectivity index (χ4v) is 11.3. The quantitative estimate of drug-likeness (QED) is 0.136. The second kappa shape index (κ2) is 14.2. The molecule has 14 heteroatoms. The standard InChI is InChI=1S/C40H38Cl3N3O7S/c41-32-31(40(50)51)30(33(42)39(34(32)43)54-19-28(49)53-46-26(47)11-12-27(46)48)29-24-17-20-7-1-3-13-44-15-5-9-22(35(20)44)37(24)52-38-23-10-6-16-45-14-4-2-8-21(36(23)45)18-25(29)38/h17-18,26,47H,1-16,19H2/p+1. The molecular formula is C40H39Cl3N3O7S+. The molecule has 6 heterocycles. The Bertz CT molecular complexity index is 2310. The highest BCUT2D eigenvalue weighted by molar-refractivity contribution is 8.00. The molecule has 3 aromatic carbocycles. The summed E-state index contributed by atoms with van der Waals surface area (Å²) in [7, 11) is 0. The number of aromatic carboxylic acids is 1. The van der Waals surface area contributed by atoms with Gasteiger partial charge in [0.2, 0.25) is 5.36 Å². The SMILES string of the molecule is O=C(CSc1c(Cl)c(Cl)c(C(=O)O)c(C2=c3cc4c5c(c3Oc3c2cc2c6c3CCCN6CCCC2)CCC[N+]=5CCCC4)c1Cl)ON1C(=O)CCC1O. The fraction of sp³-hybridized carbons (Fsp3) is 0.450. The number of hydroxylamine groups is 2. The van der Waals surface area contributed by atoms with Crippen LogP contribution in [0.5, 0.6) is 11.5 Å². The first kappa shape index (κ1) is 36.2.